The topological polar surface area (TPSA) is 71.2 Å². The Morgan fingerprint density at radius 3 is 3.00 bits per heavy atom. The summed E-state index contributed by atoms with van der Waals surface area (Å²) >= 11 is 3.06. The number of aryl methyl sites for hydroxylation is 2. The van der Waals surface area contributed by atoms with Crippen molar-refractivity contribution < 1.29 is 9.90 Å². The monoisotopic (exact) mass is 352 g/mol. The van der Waals surface area contributed by atoms with Gasteiger partial charge in [0.15, 0.2) is 4.34 Å². The minimum atomic E-state index is -0.0789. The molecule has 0 atom stereocenters. The molecule has 0 bridgehead atoms. The zero-order valence-corrected chi connectivity index (χ0v) is 14.9. The van der Waals surface area contributed by atoms with Crippen LogP contribution in [0.2, 0.25) is 0 Å². The van der Waals surface area contributed by atoms with Crippen LogP contribution in [0.1, 0.15) is 29.6 Å². The third-order valence-electron chi connectivity index (χ3n) is 3.94. The second-order valence-electron chi connectivity index (χ2n) is 5.45. The second kappa shape index (κ2) is 7.02. The van der Waals surface area contributed by atoms with Gasteiger partial charge in [-0.1, -0.05) is 11.8 Å². The van der Waals surface area contributed by atoms with E-state index in [1.54, 1.807) is 11.3 Å². The molecule has 0 spiro atoms. The summed E-state index contributed by atoms with van der Waals surface area (Å²) in [4.78, 5) is 18.7. The first-order valence-corrected chi connectivity index (χ1v) is 9.49. The van der Waals surface area contributed by atoms with E-state index in [0.717, 1.165) is 34.3 Å². The van der Waals surface area contributed by atoms with Crippen molar-refractivity contribution in [1.29, 1.82) is 0 Å². The van der Waals surface area contributed by atoms with Gasteiger partial charge in [0.2, 0.25) is 5.91 Å². The number of hydrogen-bond donors (Lipinski definition) is 1. The van der Waals surface area contributed by atoms with Crippen LogP contribution in [-0.2, 0) is 30.9 Å². The summed E-state index contributed by atoms with van der Waals surface area (Å²) in [6.07, 6.45) is 0.795. The fraction of sp³-hybridized carbons (Fsp3) is 0.533. The van der Waals surface area contributed by atoms with Crippen molar-refractivity contribution in [2.45, 2.75) is 44.3 Å². The third kappa shape index (κ3) is 3.44. The Hall–Kier alpha value is -1.38. The molecule has 2 aromatic rings. The number of carbonyl (C=O) groups is 1. The summed E-state index contributed by atoms with van der Waals surface area (Å²) in [6, 6.07) is 0. The third-order valence-corrected chi connectivity index (χ3v) is 6.06. The quantitative estimate of drug-likeness (QED) is 0.832. The molecule has 1 aliphatic rings. The fourth-order valence-corrected chi connectivity index (χ4v) is 4.53. The van der Waals surface area contributed by atoms with Gasteiger partial charge in [-0.15, -0.1) is 11.3 Å². The molecule has 8 heteroatoms. The highest BCUT2D eigenvalue weighted by Gasteiger charge is 2.26. The number of aliphatic hydroxyl groups is 1. The number of rotatable bonds is 5. The molecule has 1 amide bonds. The van der Waals surface area contributed by atoms with E-state index >= 15 is 0 Å². The van der Waals surface area contributed by atoms with Crippen LogP contribution in [0.5, 0.6) is 0 Å². The maximum absolute atomic E-state index is 12.5. The lowest BCUT2D eigenvalue weighted by atomic mass is 10.1. The molecule has 1 aliphatic heterocycles. The zero-order chi connectivity index (χ0) is 16.4. The minimum Gasteiger partial charge on any atom is -0.390 e. The molecular weight excluding hydrogens is 332 g/mol. The maximum Gasteiger partial charge on any atom is 0.233 e. The first-order chi connectivity index (χ1) is 11.1. The summed E-state index contributed by atoms with van der Waals surface area (Å²) in [6.45, 7) is 5.95. The van der Waals surface area contributed by atoms with E-state index in [9.17, 15) is 9.90 Å². The number of thioether (sulfide) groups is 1. The second-order valence-corrected chi connectivity index (χ2v) is 7.54. The van der Waals surface area contributed by atoms with Crippen molar-refractivity contribution in [3.63, 3.8) is 0 Å². The Labute approximate surface area is 143 Å². The van der Waals surface area contributed by atoms with E-state index < -0.39 is 0 Å². The SMILES string of the molecule is CCn1nc(CO)c2c1CCN(C(=O)CSc1nc(C)cs1)C2. The molecule has 2 aromatic heterocycles. The molecule has 0 saturated carbocycles. The zero-order valence-electron chi connectivity index (χ0n) is 13.3. The van der Waals surface area contributed by atoms with Crippen LogP contribution < -0.4 is 0 Å². The number of aromatic nitrogens is 3. The van der Waals surface area contributed by atoms with Crippen molar-refractivity contribution >= 4 is 29.0 Å². The number of thiazole rings is 1. The van der Waals surface area contributed by atoms with Gasteiger partial charge in [-0.25, -0.2) is 4.98 Å². The highest BCUT2D eigenvalue weighted by atomic mass is 32.2. The Bertz CT molecular complexity index is 710. The van der Waals surface area contributed by atoms with Gasteiger partial charge < -0.3 is 10.0 Å². The number of fused-ring (bicyclic) bond motifs is 1. The van der Waals surface area contributed by atoms with Gasteiger partial charge in [0.25, 0.3) is 0 Å². The average molecular weight is 352 g/mol. The van der Waals surface area contributed by atoms with Crippen LogP contribution in [0, 0.1) is 6.92 Å². The molecule has 3 rings (SSSR count). The summed E-state index contributed by atoms with van der Waals surface area (Å²) < 4.78 is 2.87. The van der Waals surface area contributed by atoms with Gasteiger partial charge in [-0.2, -0.15) is 5.10 Å². The van der Waals surface area contributed by atoms with E-state index in [4.69, 9.17) is 0 Å². The molecule has 0 fully saturated rings. The van der Waals surface area contributed by atoms with Crippen molar-refractivity contribution in [3.05, 3.63) is 28.0 Å². The molecule has 0 radical (unpaired) electrons. The highest BCUT2D eigenvalue weighted by Crippen LogP contribution is 2.26. The van der Waals surface area contributed by atoms with Crippen molar-refractivity contribution in [1.82, 2.24) is 19.7 Å². The molecular formula is C15H20N4O2S2. The molecule has 124 valence electrons. The number of hydrogen-bond acceptors (Lipinski definition) is 6. The predicted molar refractivity (Wildman–Crippen MR) is 90.5 cm³/mol. The molecule has 6 nitrogen and oxygen atoms in total. The fourth-order valence-electron chi connectivity index (χ4n) is 2.78. The highest BCUT2D eigenvalue weighted by molar-refractivity contribution is 8.01. The average Bonchev–Trinajstić information content (AvgIpc) is 3.14. The molecule has 0 aromatic carbocycles. The van der Waals surface area contributed by atoms with E-state index in [0.29, 0.717) is 24.5 Å². The van der Waals surface area contributed by atoms with E-state index in [2.05, 4.69) is 10.1 Å². The van der Waals surface area contributed by atoms with Gasteiger partial charge in [0.1, 0.15) is 0 Å². The predicted octanol–water partition coefficient (Wildman–Crippen LogP) is 1.84. The summed E-state index contributed by atoms with van der Waals surface area (Å²) in [5, 5.41) is 15.9. The van der Waals surface area contributed by atoms with Crippen LogP contribution >= 0.6 is 23.1 Å². The van der Waals surface area contributed by atoms with Crippen LogP contribution in [-0.4, -0.2) is 43.0 Å². The molecule has 3 heterocycles. The standard InChI is InChI=1S/C15H20N4O2S2/c1-3-19-13-4-5-18(6-11(13)12(7-20)17-19)14(21)9-23-15-16-10(2)8-22-15/h8,20H,3-7,9H2,1-2H3. The van der Waals surface area contributed by atoms with Crippen LogP contribution in [0.15, 0.2) is 9.72 Å². The minimum absolute atomic E-state index is 0.0789. The van der Waals surface area contributed by atoms with Gasteiger partial charge in [0, 0.05) is 48.4 Å². The van der Waals surface area contributed by atoms with Gasteiger partial charge in [-0.3, -0.25) is 9.48 Å². The number of carbonyl (C=O) groups excluding carboxylic acids is 1. The number of nitrogens with zero attached hydrogens (tertiary/aromatic N) is 4. The molecule has 0 aliphatic carbocycles. The van der Waals surface area contributed by atoms with Crippen molar-refractivity contribution in [2.24, 2.45) is 0 Å². The number of aliphatic hydroxyl groups excluding tert-OH is 1. The normalized spacial score (nSPS) is 14.1. The summed E-state index contributed by atoms with van der Waals surface area (Å²) in [7, 11) is 0. The Morgan fingerprint density at radius 1 is 1.52 bits per heavy atom. The molecule has 0 saturated heterocycles. The number of amides is 1. The largest absolute Gasteiger partial charge is 0.390 e. The molecule has 0 unspecified atom stereocenters. The van der Waals surface area contributed by atoms with Gasteiger partial charge >= 0.3 is 0 Å². The maximum atomic E-state index is 12.5. The van der Waals surface area contributed by atoms with Crippen LogP contribution in [0.4, 0.5) is 0 Å². The van der Waals surface area contributed by atoms with Gasteiger partial charge in [0.05, 0.1) is 18.1 Å². The summed E-state index contributed by atoms with van der Waals surface area (Å²) in [5.41, 5.74) is 3.86. The first kappa shape index (κ1) is 16.5. The van der Waals surface area contributed by atoms with E-state index in [-0.39, 0.29) is 12.5 Å². The van der Waals surface area contributed by atoms with E-state index in [1.165, 1.54) is 11.8 Å². The summed E-state index contributed by atoms with van der Waals surface area (Å²) in [5.74, 6) is 0.514. The van der Waals surface area contributed by atoms with Crippen LogP contribution in [0.3, 0.4) is 0 Å². The first-order valence-electron chi connectivity index (χ1n) is 7.63. The van der Waals surface area contributed by atoms with Gasteiger partial charge in [-0.05, 0) is 13.8 Å². The Kier molecular flexibility index (Phi) is 5.03. The lowest BCUT2D eigenvalue weighted by molar-refractivity contribution is -0.129. The smallest absolute Gasteiger partial charge is 0.233 e. The molecule has 1 N–H and O–H groups in total. The lowest BCUT2D eigenvalue weighted by Crippen LogP contribution is -2.37. The van der Waals surface area contributed by atoms with Crippen molar-refractivity contribution in [3.8, 4) is 0 Å². The lowest BCUT2D eigenvalue weighted by Gasteiger charge is -2.27. The Balaban J connectivity index is 1.66. The Morgan fingerprint density at radius 2 is 2.35 bits per heavy atom. The van der Waals surface area contributed by atoms with E-state index in [1.807, 2.05) is 28.8 Å². The van der Waals surface area contributed by atoms with Crippen LogP contribution in [0.25, 0.3) is 0 Å². The van der Waals surface area contributed by atoms with Crippen molar-refractivity contribution in [2.75, 3.05) is 12.3 Å². The molecule has 23 heavy (non-hydrogen) atoms.